The first kappa shape index (κ1) is 22.1. The summed E-state index contributed by atoms with van der Waals surface area (Å²) in [4.78, 5) is 2.40. The summed E-state index contributed by atoms with van der Waals surface area (Å²) in [5.41, 5.74) is 1.33. The second-order valence-corrected chi connectivity index (χ2v) is 11.0. The Bertz CT molecular complexity index is 807. The van der Waals surface area contributed by atoms with Gasteiger partial charge in [0.2, 0.25) is 10.0 Å². The fourth-order valence-corrected chi connectivity index (χ4v) is 6.20. The molecule has 1 aromatic rings. The van der Waals surface area contributed by atoms with Gasteiger partial charge < -0.3 is 9.47 Å². The van der Waals surface area contributed by atoms with Gasteiger partial charge in [0.1, 0.15) is 11.9 Å². The average Bonchev–Trinajstić information content (AvgIpc) is 2.74. The summed E-state index contributed by atoms with van der Waals surface area (Å²) in [6.45, 7) is 4.48. The number of hydrogen-bond acceptors (Lipinski definition) is 5. The molecule has 168 valence electrons. The van der Waals surface area contributed by atoms with Gasteiger partial charge in [0.25, 0.3) is 0 Å². The second kappa shape index (κ2) is 9.55. The van der Waals surface area contributed by atoms with Crippen LogP contribution in [-0.2, 0) is 14.8 Å². The minimum Gasteiger partial charge on any atom is -0.489 e. The molecule has 1 N–H and O–H groups in total. The third-order valence-corrected chi connectivity index (χ3v) is 7.71. The van der Waals surface area contributed by atoms with E-state index < -0.39 is 10.0 Å². The van der Waals surface area contributed by atoms with E-state index in [-0.39, 0.29) is 24.3 Å². The Morgan fingerprint density at radius 3 is 2.63 bits per heavy atom. The number of nitrogens with one attached hydrogen (secondary N) is 1. The molecule has 0 aromatic heterocycles. The van der Waals surface area contributed by atoms with Gasteiger partial charge in [-0.05, 0) is 69.0 Å². The van der Waals surface area contributed by atoms with Gasteiger partial charge >= 0.3 is 0 Å². The highest BCUT2D eigenvalue weighted by molar-refractivity contribution is 7.88. The predicted octanol–water partition coefficient (Wildman–Crippen LogP) is 3.28. The first-order valence-electron chi connectivity index (χ1n) is 11.5. The molecular formula is C23H36N2O4S. The molecule has 2 fully saturated rings. The Hall–Kier alpha value is -1.15. The molecule has 1 aromatic carbocycles. The number of nitrogens with zero attached hydrogens (tertiary/aromatic N) is 1. The molecule has 1 saturated carbocycles. The standard InChI is InChI=1S/C23H36N2O4S/c1-3-18-15-25-14-6-8-21(24-30(2,26)27)22(25)16-28-19-12-10-17(11-13-19)20-7-4-5-9-23(20)29-18/h4-5,7,9,17-19,21-22,24H,3,6,8,10-16H2,1-2H3/t17?,18-,19?,21-,22?/m0/s1. The molecule has 1 saturated heterocycles. The Balaban J connectivity index is 1.62. The predicted molar refractivity (Wildman–Crippen MR) is 118 cm³/mol. The van der Waals surface area contributed by atoms with Crippen LogP contribution in [0.3, 0.4) is 0 Å². The Morgan fingerprint density at radius 2 is 1.90 bits per heavy atom. The number of ether oxygens (including phenoxy) is 2. The van der Waals surface area contributed by atoms with Gasteiger partial charge in [0, 0.05) is 18.6 Å². The van der Waals surface area contributed by atoms with E-state index in [4.69, 9.17) is 9.47 Å². The maximum atomic E-state index is 12.0. The normalized spacial score (nSPS) is 33.3. The highest BCUT2D eigenvalue weighted by atomic mass is 32.2. The molecule has 1 aliphatic carbocycles. The molecule has 0 radical (unpaired) electrons. The van der Waals surface area contributed by atoms with Gasteiger partial charge in [-0.25, -0.2) is 13.1 Å². The van der Waals surface area contributed by atoms with Crippen molar-refractivity contribution in [1.82, 2.24) is 9.62 Å². The number of benzene rings is 1. The molecule has 0 amide bonds. The van der Waals surface area contributed by atoms with Gasteiger partial charge in [0.15, 0.2) is 0 Å². The molecular weight excluding hydrogens is 400 g/mol. The summed E-state index contributed by atoms with van der Waals surface area (Å²) in [5, 5.41) is 0. The van der Waals surface area contributed by atoms with Crippen molar-refractivity contribution in [3.8, 4) is 5.75 Å². The van der Waals surface area contributed by atoms with Crippen molar-refractivity contribution < 1.29 is 17.9 Å². The number of hydrogen-bond donors (Lipinski definition) is 1. The van der Waals surface area contributed by atoms with Crippen LogP contribution in [0.25, 0.3) is 0 Å². The lowest BCUT2D eigenvalue weighted by Gasteiger charge is -2.43. The maximum Gasteiger partial charge on any atom is 0.209 e. The third-order valence-electron chi connectivity index (χ3n) is 6.98. The van der Waals surface area contributed by atoms with Gasteiger partial charge in [-0.3, -0.25) is 4.90 Å². The van der Waals surface area contributed by atoms with E-state index in [1.165, 1.54) is 11.8 Å². The van der Waals surface area contributed by atoms with Crippen molar-refractivity contribution >= 4 is 10.0 Å². The first-order chi connectivity index (χ1) is 14.4. The number of para-hydroxylation sites is 1. The summed E-state index contributed by atoms with van der Waals surface area (Å²) >= 11 is 0. The molecule has 3 heterocycles. The van der Waals surface area contributed by atoms with Crippen molar-refractivity contribution in [3.05, 3.63) is 29.8 Å². The van der Waals surface area contributed by atoms with Crippen LogP contribution in [0.2, 0.25) is 0 Å². The zero-order valence-electron chi connectivity index (χ0n) is 18.3. The molecule has 1 unspecified atom stereocenters. The van der Waals surface area contributed by atoms with E-state index in [1.807, 2.05) is 0 Å². The third kappa shape index (κ3) is 5.36. The first-order valence-corrected chi connectivity index (χ1v) is 13.4. The molecule has 0 spiro atoms. The Kier molecular flexibility index (Phi) is 7.02. The molecule has 3 aliphatic heterocycles. The molecule has 3 atom stereocenters. The van der Waals surface area contributed by atoms with Crippen molar-refractivity contribution in [2.24, 2.45) is 0 Å². The highest BCUT2D eigenvalue weighted by Gasteiger charge is 2.36. The molecule has 5 rings (SSSR count). The topological polar surface area (TPSA) is 67.9 Å². The molecule has 6 nitrogen and oxygen atoms in total. The molecule has 7 heteroatoms. The second-order valence-electron chi connectivity index (χ2n) is 9.19. The van der Waals surface area contributed by atoms with Gasteiger partial charge in [0.05, 0.1) is 19.0 Å². The van der Waals surface area contributed by atoms with Gasteiger partial charge in [-0.15, -0.1) is 0 Å². The molecule has 30 heavy (non-hydrogen) atoms. The van der Waals surface area contributed by atoms with Crippen LogP contribution in [0.5, 0.6) is 5.75 Å². The molecule has 4 aliphatic rings. The average molecular weight is 437 g/mol. The summed E-state index contributed by atoms with van der Waals surface area (Å²) in [6, 6.07) is 8.45. The van der Waals surface area contributed by atoms with Crippen LogP contribution in [0.1, 0.15) is 63.4 Å². The summed E-state index contributed by atoms with van der Waals surface area (Å²) in [7, 11) is -3.26. The number of sulfonamides is 1. The SMILES string of the molecule is CC[C@H]1CN2CCC[C@H](NS(C)(=O)=O)C2COC2CCC(CC2)c2ccccc2O1. The van der Waals surface area contributed by atoms with E-state index >= 15 is 0 Å². The van der Waals surface area contributed by atoms with Crippen LogP contribution in [-0.4, -0.2) is 63.6 Å². The summed E-state index contributed by atoms with van der Waals surface area (Å²) in [6.07, 6.45) is 8.65. The van der Waals surface area contributed by atoms with E-state index in [0.717, 1.165) is 63.8 Å². The van der Waals surface area contributed by atoms with Crippen LogP contribution in [0, 0.1) is 0 Å². The zero-order chi connectivity index (χ0) is 21.1. The zero-order valence-corrected chi connectivity index (χ0v) is 19.1. The maximum absolute atomic E-state index is 12.0. The number of fused-ring (bicyclic) bond motifs is 5. The van der Waals surface area contributed by atoms with Crippen molar-refractivity contribution in [1.29, 1.82) is 0 Å². The van der Waals surface area contributed by atoms with E-state index in [0.29, 0.717) is 12.5 Å². The van der Waals surface area contributed by atoms with Gasteiger partial charge in [-0.2, -0.15) is 0 Å². The minimum atomic E-state index is -3.26. The van der Waals surface area contributed by atoms with Gasteiger partial charge in [-0.1, -0.05) is 25.1 Å². The van der Waals surface area contributed by atoms with Crippen molar-refractivity contribution in [3.63, 3.8) is 0 Å². The summed E-state index contributed by atoms with van der Waals surface area (Å²) in [5.74, 6) is 1.55. The summed E-state index contributed by atoms with van der Waals surface area (Å²) < 4.78 is 39.8. The quantitative estimate of drug-likeness (QED) is 0.788. The number of rotatable bonds is 3. The fraction of sp³-hybridized carbons (Fsp3) is 0.739. The van der Waals surface area contributed by atoms with Crippen LogP contribution in [0.15, 0.2) is 24.3 Å². The smallest absolute Gasteiger partial charge is 0.209 e. The highest BCUT2D eigenvalue weighted by Crippen LogP contribution is 2.39. The largest absolute Gasteiger partial charge is 0.489 e. The monoisotopic (exact) mass is 436 g/mol. The van der Waals surface area contributed by atoms with Crippen molar-refractivity contribution in [2.45, 2.75) is 82.1 Å². The Morgan fingerprint density at radius 1 is 1.13 bits per heavy atom. The van der Waals surface area contributed by atoms with E-state index in [2.05, 4.69) is 40.8 Å². The van der Waals surface area contributed by atoms with E-state index in [1.54, 1.807) is 0 Å². The van der Waals surface area contributed by atoms with Crippen molar-refractivity contribution in [2.75, 3.05) is 26.0 Å². The minimum absolute atomic E-state index is 0.0415. The Labute approximate surface area is 181 Å². The fourth-order valence-electron chi connectivity index (χ4n) is 5.38. The lowest BCUT2D eigenvalue weighted by molar-refractivity contribution is -0.0335. The van der Waals surface area contributed by atoms with Crippen LogP contribution >= 0.6 is 0 Å². The van der Waals surface area contributed by atoms with E-state index in [9.17, 15) is 8.42 Å². The molecule has 2 bridgehead atoms. The van der Waals surface area contributed by atoms with Crippen LogP contribution in [0.4, 0.5) is 0 Å². The van der Waals surface area contributed by atoms with Crippen LogP contribution < -0.4 is 9.46 Å². The lowest BCUT2D eigenvalue weighted by atomic mass is 9.82. The lowest BCUT2D eigenvalue weighted by Crippen LogP contribution is -2.59. The number of piperidine rings is 1.